The van der Waals surface area contributed by atoms with Crippen LogP contribution in [0.25, 0.3) is 0 Å². The van der Waals surface area contributed by atoms with Crippen LogP contribution in [0, 0.1) is 28.6 Å². The van der Waals surface area contributed by atoms with E-state index in [1.807, 2.05) is 6.08 Å². The average molecular weight is 425 g/mol. The van der Waals surface area contributed by atoms with Crippen LogP contribution in [0.3, 0.4) is 0 Å². The summed E-state index contributed by atoms with van der Waals surface area (Å²) in [6, 6.07) is 0. The fraction of sp³-hybridized carbons (Fsp3) is 0.810. The molecule has 4 nitrogen and oxygen atoms in total. The highest BCUT2D eigenvalue weighted by Crippen LogP contribution is 2.68. The molecule has 26 heavy (non-hydrogen) atoms. The number of carbonyl (C=O) groups excluding carboxylic acids is 2. The number of fused-ring (bicyclic) bond motifs is 5. The number of ether oxygens (including phenoxy) is 1. The fourth-order valence-electron chi connectivity index (χ4n) is 6.90. The third kappa shape index (κ3) is 2.35. The molecule has 0 amide bonds. The van der Waals surface area contributed by atoms with Crippen LogP contribution in [-0.2, 0) is 14.3 Å². The molecule has 7 atom stereocenters. The maximum atomic E-state index is 11.9. The highest BCUT2D eigenvalue weighted by atomic mass is 79.9. The van der Waals surface area contributed by atoms with Crippen LogP contribution in [0.5, 0.6) is 0 Å². The van der Waals surface area contributed by atoms with Gasteiger partial charge in [-0.25, -0.2) is 0 Å². The minimum absolute atomic E-state index is 0.113. The predicted molar refractivity (Wildman–Crippen MR) is 102 cm³/mol. The van der Waals surface area contributed by atoms with Crippen LogP contribution in [-0.4, -0.2) is 27.5 Å². The molecular weight excluding hydrogens is 396 g/mol. The zero-order chi connectivity index (χ0) is 18.9. The van der Waals surface area contributed by atoms with Crippen LogP contribution in [0.1, 0.15) is 65.7 Å². The molecule has 0 aromatic rings. The van der Waals surface area contributed by atoms with Crippen molar-refractivity contribution in [2.75, 3.05) is 0 Å². The number of hydrogen-bond acceptors (Lipinski definition) is 4. The van der Waals surface area contributed by atoms with Crippen molar-refractivity contribution < 1.29 is 19.4 Å². The Hall–Kier alpha value is -0.680. The first-order valence-electron chi connectivity index (χ1n) is 9.92. The molecular formula is C21H29BrO4. The van der Waals surface area contributed by atoms with Crippen molar-refractivity contribution in [1.82, 2.24) is 0 Å². The minimum Gasteiger partial charge on any atom is -0.432 e. The summed E-state index contributed by atoms with van der Waals surface area (Å²) in [4.78, 5) is 23.4. The highest BCUT2D eigenvalue weighted by molar-refractivity contribution is 9.09. The molecule has 0 aliphatic heterocycles. The number of allylic oxidation sites excluding steroid dienone is 1. The Morgan fingerprint density at radius 2 is 1.96 bits per heavy atom. The van der Waals surface area contributed by atoms with Crippen molar-refractivity contribution >= 4 is 27.7 Å². The molecule has 0 radical (unpaired) electrons. The van der Waals surface area contributed by atoms with Crippen LogP contribution >= 0.6 is 15.9 Å². The Morgan fingerprint density at radius 3 is 2.65 bits per heavy atom. The number of halogens is 1. The monoisotopic (exact) mass is 424 g/mol. The molecule has 0 spiro atoms. The van der Waals surface area contributed by atoms with Crippen molar-refractivity contribution in [2.45, 2.75) is 76.3 Å². The quantitative estimate of drug-likeness (QED) is 0.390. The van der Waals surface area contributed by atoms with E-state index in [0.717, 1.165) is 38.5 Å². The summed E-state index contributed by atoms with van der Waals surface area (Å²) >= 11 is 3.64. The molecule has 5 heteroatoms. The number of esters is 1. The summed E-state index contributed by atoms with van der Waals surface area (Å²) in [7, 11) is 0. The summed E-state index contributed by atoms with van der Waals surface area (Å²) in [5, 5.41) is 11.4. The zero-order valence-electron chi connectivity index (χ0n) is 15.9. The second-order valence-electron chi connectivity index (χ2n) is 9.42. The van der Waals surface area contributed by atoms with Crippen LogP contribution < -0.4 is 0 Å². The van der Waals surface area contributed by atoms with Gasteiger partial charge in [0.15, 0.2) is 5.78 Å². The fourth-order valence-corrected chi connectivity index (χ4v) is 7.92. The minimum atomic E-state index is -1.44. The van der Waals surface area contributed by atoms with E-state index in [9.17, 15) is 14.7 Å². The normalized spacial score (nSPS) is 50.3. The van der Waals surface area contributed by atoms with Gasteiger partial charge in [0.2, 0.25) is 5.79 Å². The molecule has 3 fully saturated rings. The van der Waals surface area contributed by atoms with E-state index in [-0.39, 0.29) is 16.0 Å². The Bertz CT molecular complexity index is 687. The largest absolute Gasteiger partial charge is 0.432 e. The Balaban J connectivity index is 1.69. The van der Waals surface area contributed by atoms with Crippen LogP contribution in [0.15, 0.2) is 11.6 Å². The first-order chi connectivity index (χ1) is 12.1. The summed E-state index contributed by atoms with van der Waals surface area (Å²) < 4.78 is 5.52. The number of hydrogen-bond donors (Lipinski definition) is 1. The molecule has 144 valence electrons. The van der Waals surface area contributed by atoms with Gasteiger partial charge in [0.25, 0.3) is 0 Å². The molecule has 4 rings (SSSR count). The van der Waals surface area contributed by atoms with Gasteiger partial charge >= 0.3 is 5.97 Å². The predicted octanol–water partition coefficient (Wildman–Crippen LogP) is 4.14. The molecule has 0 bridgehead atoms. The van der Waals surface area contributed by atoms with Crippen molar-refractivity contribution in [2.24, 2.45) is 28.6 Å². The smallest absolute Gasteiger partial charge is 0.305 e. The van der Waals surface area contributed by atoms with Gasteiger partial charge in [-0.05, 0) is 67.8 Å². The van der Waals surface area contributed by atoms with Gasteiger partial charge in [-0.1, -0.05) is 35.4 Å². The zero-order valence-corrected chi connectivity index (χ0v) is 17.5. The molecule has 4 aliphatic carbocycles. The van der Waals surface area contributed by atoms with E-state index in [1.54, 1.807) is 0 Å². The van der Waals surface area contributed by atoms with Crippen LogP contribution in [0.4, 0.5) is 0 Å². The summed E-state index contributed by atoms with van der Waals surface area (Å²) in [6.07, 6.45) is 8.27. The van der Waals surface area contributed by atoms with Gasteiger partial charge in [0.05, 0.1) is 4.83 Å². The molecule has 3 saturated carbocycles. The average Bonchev–Trinajstić information content (AvgIpc) is 2.75. The van der Waals surface area contributed by atoms with Crippen molar-refractivity contribution in [1.29, 1.82) is 0 Å². The lowest BCUT2D eigenvalue weighted by Crippen LogP contribution is -2.57. The lowest BCUT2D eigenvalue weighted by atomic mass is 9.47. The Morgan fingerprint density at radius 1 is 1.23 bits per heavy atom. The van der Waals surface area contributed by atoms with Gasteiger partial charge < -0.3 is 9.84 Å². The SMILES string of the molecule is CC(=O)OC1(O)C(Br)CC2C3CCC4=CC(=O)CCC4(C)C3CCC21C. The van der Waals surface area contributed by atoms with Gasteiger partial charge in [-0.2, -0.15) is 0 Å². The maximum absolute atomic E-state index is 11.9. The first-order valence-corrected chi connectivity index (χ1v) is 10.8. The van der Waals surface area contributed by atoms with Gasteiger partial charge in [0, 0.05) is 18.8 Å². The van der Waals surface area contributed by atoms with Crippen molar-refractivity contribution in [3.05, 3.63) is 11.6 Å². The standard InChI is InChI=1S/C21H29BrO4/c1-12(23)26-21(25)18(22)11-17-15-5-4-13-10-14(24)6-8-19(13,2)16(15)7-9-20(17,21)3/h10,15-18,25H,4-9,11H2,1-3H3. The number of carbonyl (C=O) groups is 2. The van der Waals surface area contributed by atoms with Gasteiger partial charge in [-0.3, -0.25) is 9.59 Å². The van der Waals surface area contributed by atoms with E-state index in [1.165, 1.54) is 12.5 Å². The second kappa shape index (κ2) is 5.91. The number of rotatable bonds is 1. The molecule has 7 unspecified atom stereocenters. The van der Waals surface area contributed by atoms with E-state index in [2.05, 4.69) is 29.8 Å². The molecule has 0 heterocycles. The van der Waals surface area contributed by atoms with Crippen molar-refractivity contribution in [3.8, 4) is 0 Å². The third-order valence-corrected chi connectivity index (χ3v) is 9.35. The lowest BCUT2D eigenvalue weighted by Gasteiger charge is -2.58. The summed E-state index contributed by atoms with van der Waals surface area (Å²) in [6.45, 7) is 5.83. The maximum Gasteiger partial charge on any atom is 0.305 e. The highest BCUT2D eigenvalue weighted by Gasteiger charge is 2.69. The van der Waals surface area contributed by atoms with Crippen LogP contribution in [0.2, 0.25) is 0 Å². The lowest BCUT2D eigenvalue weighted by molar-refractivity contribution is -0.260. The summed E-state index contributed by atoms with van der Waals surface area (Å²) in [5.74, 6) is -0.198. The van der Waals surface area contributed by atoms with E-state index in [4.69, 9.17) is 4.74 Å². The Labute approximate surface area is 163 Å². The summed E-state index contributed by atoms with van der Waals surface area (Å²) in [5.41, 5.74) is 1.04. The molecule has 0 saturated heterocycles. The molecule has 1 N–H and O–H groups in total. The number of ketones is 1. The van der Waals surface area contributed by atoms with Gasteiger partial charge in [-0.15, -0.1) is 0 Å². The molecule has 0 aromatic heterocycles. The number of aliphatic hydroxyl groups is 1. The molecule has 4 aliphatic rings. The van der Waals surface area contributed by atoms with Crippen molar-refractivity contribution in [3.63, 3.8) is 0 Å². The third-order valence-electron chi connectivity index (χ3n) is 8.35. The Kier molecular flexibility index (Phi) is 4.24. The van der Waals surface area contributed by atoms with E-state index >= 15 is 0 Å². The van der Waals surface area contributed by atoms with Gasteiger partial charge in [0.1, 0.15) is 0 Å². The topological polar surface area (TPSA) is 63.6 Å². The second-order valence-corrected chi connectivity index (χ2v) is 10.5. The van der Waals surface area contributed by atoms with E-state index < -0.39 is 17.2 Å². The number of alkyl halides is 1. The molecule has 0 aromatic carbocycles. The van der Waals surface area contributed by atoms with E-state index in [0.29, 0.717) is 24.2 Å². The first kappa shape index (κ1) is 18.7.